The highest BCUT2D eigenvalue weighted by Crippen LogP contribution is 2.36. The van der Waals surface area contributed by atoms with E-state index in [4.69, 9.17) is 0 Å². The quantitative estimate of drug-likeness (QED) is 0.714. The highest BCUT2D eigenvalue weighted by atomic mass is 14.8. The standard InChI is InChI=1S/C22H29N/c1-22(2,3)20-13-11-17(12-14-20)15-23-16-19-9-6-8-18-7-4-5-10-21(18)19/h4-11,20,23H,12-16H2,1-3H3. The second-order valence-corrected chi connectivity index (χ2v) is 7.94. The van der Waals surface area contributed by atoms with Gasteiger partial charge in [0.15, 0.2) is 0 Å². The van der Waals surface area contributed by atoms with Crippen LogP contribution in [0.1, 0.15) is 45.6 Å². The lowest BCUT2D eigenvalue weighted by Crippen LogP contribution is -2.24. The molecule has 1 atom stereocenters. The zero-order valence-electron chi connectivity index (χ0n) is 14.7. The molecule has 0 fully saturated rings. The van der Waals surface area contributed by atoms with Crippen molar-refractivity contribution in [2.24, 2.45) is 11.3 Å². The van der Waals surface area contributed by atoms with Crippen molar-refractivity contribution in [3.05, 3.63) is 59.7 Å². The van der Waals surface area contributed by atoms with Crippen LogP contribution in [0.15, 0.2) is 54.1 Å². The predicted octanol–water partition coefficient (Wildman–Crippen LogP) is 5.70. The zero-order chi connectivity index (χ0) is 16.3. The second kappa shape index (κ2) is 6.88. The molecule has 0 bridgehead atoms. The van der Waals surface area contributed by atoms with E-state index in [-0.39, 0.29) is 0 Å². The van der Waals surface area contributed by atoms with Crippen molar-refractivity contribution >= 4 is 10.8 Å². The molecule has 0 saturated carbocycles. The van der Waals surface area contributed by atoms with Crippen molar-refractivity contribution in [1.29, 1.82) is 0 Å². The second-order valence-electron chi connectivity index (χ2n) is 7.94. The zero-order valence-corrected chi connectivity index (χ0v) is 14.7. The van der Waals surface area contributed by atoms with Gasteiger partial charge in [0.05, 0.1) is 0 Å². The Kier molecular flexibility index (Phi) is 4.87. The third-order valence-electron chi connectivity index (χ3n) is 5.28. The van der Waals surface area contributed by atoms with Gasteiger partial charge in [-0.2, -0.15) is 0 Å². The smallest absolute Gasteiger partial charge is 0.0214 e. The molecule has 1 aliphatic rings. The van der Waals surface area contributed by atoms with Crippen LogP contribution in [0.3, 0.4) is 0 Å². The molecule has 0 radical (unpaired) electrons. The lowest BCUT2D eigenvalue weighted by atomic mass is 9.73. The minimum Gasteiger partial charge on any atom is -0.309 e. The Morgan fingerprint density at radius 1 is 1.00 bits per heavy atom. The summed E-state index contributed by atoms with van der Waals surface area (Å²) in [4.78, 5) is 0. The number of fused-ring (bicyclic) bond motifs is 1. The minimum absolute atomic E-state index is 0.443. The molecule has 1 N–H and O–H groups in total. The minimum atomic E-state index is 0.443. The van der Waals surface area contributed by atoms with E-state index in [9.17, 15) is 0 Å². The summed E-state index contributed by atoms with van der Waals surface area (Å²) in [5.74, 6) is 0.837. The largest absolute Gasteiger partial charge is 0.309 e. The van der Waals surface area contributed by atoms with E-state index in [1.165, 1.54) is 35.6 Å². The molecular weight excluding hydrogens is 278 g/mol. The van der Waals surface area contributed by atoms with Crippen LogP contribution in [0.2, 0.25) is 0 Å². The van der Waals surface area contributed by atoms with Gasteiger partial charge in [0.2, 0.25) is 0 Å². The van der Waals surface area contributed by atoms with E-state index in [1.54, 1.807) is 5.57 Å². The third-order valence-corrected chi connectivity index (χ3v) is 5.28. The molecule has 2 aromatic carbocycles. The molecular formula is C22H29N. The lowest BCUT2D eigenvalue weighted by Gasteiger charge is -2.33. The summed E-state index contributed by atoms with van der Waals surface area (Å²) in [6, 6.07) is 15.2. The van der Waals surface area contributed by atoms with Gasteiger partial charge in [0.25, 0.3) is 0 Å². The Hall–Kier alpha value is -1.60. The number of allylic oxidation sites excluding steroid dienone is 1. The van der Waals surface area contributed by atoms with Crippen molar-refractivity contribution in [1.82, 2.24) is 5.32 Å². The molecule has 0 spiro atoms. The van der Waals surface area contributed by atoms with E-state index >= 15 is 0 Å². The Balaban J connectivity index is 1.57. The van der Waals surface area contributed by atoms with Crippen LogP contribution >= 0.6 is 0 Å². The highest BCUT2D eigenvalue weighted by molar-refractivity contribution is 5.85. The van der Waals surface area contributed by atoms with Crippen LogP contribution in [0.4, 0.5) is 0 Å². The van der Waals surface area contributed by atoms with Gasteiger partial charge in [-0.1, -0.05) is 74.9 Å². The average Bonchev–Trinajstić information content (AvgIpc) is 2.55. The van der Waals surface area contributed by atoms with Crippen molar-refractivity contribution < 1.29 is 0 Å². The number of nitrogens with one attached hydrogen (secondary N) is 1. The van der Waals surface area contributed by atoms with E-state index in [0.717, 1.165) is 19.0 Å². The highest BCUT2D eigenvalue weighted by Gasteiger charge is 2.25. The fourth-order valence-electron chi connectivity index (χ4n) is 3.64. The van der Waals surface area contributed by atoms with Crippen molar-refractivity contribution in [2.75, 3.05) is 6.54 Å². The van der Waals surface area contributed by atoms with Gasteiger partial charge >= 0.3 is 0 Å². The van der Waals surface area contributed by atoms with Gasteiger partial charge in [-0.05, 0) is 46.9 Å². The fourth-order valence-corrected chi connectivity index (χ4v) is 3.64. The summed E-state index contributed by atoms with van der Waals surface area (Å²) in [7, 11) is 0. The molecule has 0 aliphatic heterocycles. The van der Waals surface area contributed by atoms with Crippen LogP contribution in [0.5, 0.6) is 0 Å². The summed E-state index contributed by atoms with van der Waals surface area (Å²) in [6.45, 7) is 9.08. The lowest BCUT2D eigenvalue weighted by molar-refractivity contribution is 0.220. The molecule has 2 aromatic rings. The van der Waals surface area contributed by atoms with Gasteiger partial charge in [-0.3, -0.25) is 0 Å². The number of benzene rings is 2. The molecule has 0 heterocycles. The first-order valence-corrected chi connectivity index (χ1v) is 8.89. The maximum absolute atomic E-state index is 3.65. The van der Waals surface area contributed by atoms with E-state index < -0.39 is 0 Å². The van der Waals surface area contributed by atoms with Gasteiger partial charge in [-0.15, -0.1) is 0 Å². The molecule has 1 unspecified atom stereocenters. The summed E-state index contributed by atoms with van der Waals surface area (Å²) in [5.41, 5.74) is 3.43. The molecule has 0 amide bonds. The normalized spacial score (nSPS) is 18.9. The summed E-state index contributed by atoms with van der Waals surface area (Å²) >= 11 is 0. The Bertz CT molecular complexity index is 685. The Morgan fingerprint density at radius 3 is 2.52 bits per heavy atom. The monoisotopic (exact) mass is 307 g/mol. The van der Waals surface area contributed by atoms with Gasteiger partial charge in [-0.25, -0.2) is 0 Å². The SMILES string of the molecule is CC(C)(C)C1CC=C(CNCc2cccc3ccccc23)CC1. The summed E-state index contributed by atoms with van der Waals surface area (Å²) in [6.07, 6.45) is 6.32. The fraction of sp³-hybridized carbons (Fsp3) is 0.455. The Morgan fingerprint density at radius 2 is 1.78 bits per heavy atom. The van der Waals surface area contributed by atoms with Gasteiger partial charge in [0.1, 0.15) is 0 Å². The summed E-state index contributed by atoms with van der Waals surface area (Å²) in [5, 5.41) is 6.35. The third kappa shape index (κ3) is 4.03. The first kappa shape index (κ1) is 16.3. The van der Waals surface area contributed by atoms with E-state index in [2.05, 4.69) is 74.6 Å². The predicted molar refractivity (Wildman–Crippen MR) is 101 cm³/mol. The number of hydrogen-bond acceptors (Lipinski definition) is 1. The van der Waals surface area contributed by atoms with Crippen LogP contribution in [0, 0.1) is 11.3 Å². The molecule has 1 aliphatic carbocycles. The van der Waals surface area contributed by atoms with Crippen LogP contribution in [-0.4, -0.2) is 6.54 Å². The maximum atomic E-state index is 3.65. The number of hydrogen-bond donors (Lipinski definition) is 1. The molecule has 0 aromatic heterocycles. The topological polar surface area (TPSA) is 12.0 Å². The van der Waals surface area contributed by atoms with Crippen molar-refractivity contribution in [3.63, 3.8) is 0 Å². The average molecular weight is 307 g/mol. The first-order valence-electron chi connectivity index (χ1n) is 8.89. The molecule has 1 heteroatoms. The molecule has 1 nitrogen and oxygen atoms in total. The van der Waals surface area contributed by atoms with Crippen LogP contribution < -0.4 is 5.32 Å². The molecule has 23 heavy (non-hydrogen) atoms. The maximum Gasteiger partial charge on any atom is 0.0214 e. The van der Waals surface area contributed by atoms with Gasteiger partial charge in [0, 0.05) is 13.1 Å². The van der Waals surface area contributed by atoms with Gasteiger partial charge < -0.3 is 5.32 Å². The molecule has 3 rings (SSSR count). The summed E-state index contributed by atoms with van der Waals surface area (Å²) < 4.78 is 0. The van der Waals surface area contributed by atoms with Crippen molar-refractivity contribution in [3.8, 4) is 0 Å². The van der Waals surface area contributed by atoms with Crippen molar-refractivity contribution in [2.45, 2.75) is 46.6 Å². The number of rotatable bonds is 4. The molecule has 0 saturated heterocycles. The Labute approximate surface area is 140 Å². The van der Waals surface area contributed by atoms with E-state index in [1.807, 2.05) is 0 Å². The van der Waals surface area contributed by atoms with Crippen LogP contribution in [0.25, 0.3) is 10.8 Å². The van der Waals surface area contributed by atoms with Crippen LogP contribution in [-0.2, 0) is 6.54 Å². The molecule has 122 valence electrons. The first-order chi connectivity index (χ1) is 11.0. The van der Waals surface area contributed by atoms with E-state index in [0.29, 0.717) is 5.41 Å².